The van der Waals surface area contributed by atoms with Crippen molar-refractivity contribution in [1.29, 1.82) is 0 Å². The van der Waals surface area contributed by atoms with E-state index in [2.05, 4.69) is 0 Å². The van der Waals surface area contributed by atoms with Gasteiger partial charge in [-0.25, -0.2) is 0 Å². The Labute approximate surface area is 257 Å². The second-order valence-corrected chi connectivity index (χ2v) is 12.1. The Morgan fingerprint density at radius 3 is 2.60 bits per heavy atom. The largest absolute Gasteiger partial charge is 0.504 e. The van der Waals surface area contributed by atoms with Gasteiger partial charge in [0.15, 0.2) is 11.5 Å². The quantitative estimate of drug-likeness (QED) is 0.138. The predicted molar refractivity (Wildman–Crippen MR) is 161 cm³/mol. The van der Waals surface area contributed by atoms with Crippen molar-refractivity contribution in [2.75, 3.05) is 20.3 Å². The zero-order valence-electron chi connectivity index (χ0n) is 23.2. The number of fused-ring (bicyclic) bond motifs is 3. The number of carboxylic acids is 1. The summed E-state index contributed by atoms with van der Waals surface area (Å²) in [5.41, 5.74) is 2.02. The number of hydrogen-bond donors (Lipinski definition) is 3. The molecule has 2 heterocycles. The fraction of sp³-hybridized carbons (Fsp3) is 0.433. The number of carboxylic acid groups (broad SMARTS) is 1. The molecule has 10 nitrogen and oxygen atoms in total. The van der Waals surface area contributed by atoms with Crippen LogP contribution in [-0.2, 0) is 19.0 Å². The number of phenolic OH excluding ortho intramolecular Hbond substituents is 1. The summed E-state index contributed by atoms with van der Waals surface area (Å²) in [5, 5.41) is 30.6. The molecular formula is C30H33BINO9. The van der Waals surface area contributed by atoms with Gasteiger partial charge in [0.2, 0.25) is 11.8 Å². The third kappa shape index (κ3) is 6.16. The van der Waals surface area contributed by atoms with Gasteiger partial charge < -0.3 is 29.4 Å². The highest BCUT2D eigenvalue weighted by molar-refractivity contribution is 14.1. The van der Waals surface area contributed by atoms with Crippen LogP contribution in [0.4, 0.5) is 0 Å². The van der Waals surface area contributed by atoms with E-state index in [-0.39, 0.29) is 49.3 Å². The number of imide groups is 1. The second kappa shape index (κ2) is 13.0. The fourth-order valence-electron chi connectivity index (χ4n) is 6.39. The van der Waals surface area contributed by atoms with Crippen molar-refractivity contribution in [3.8, 4) is 17.2 Å². The summed E-state index contributed by atoms with van der Waals surface area (Å²) in [6.45, 7) is 0.379. The molecule has 12 heteroatoms. The number of ether oxygens (including phenoxy) is 2. The van der Waals surface area contributed by atoms with Crippen LogP contribution >= 0.6 is 22.6 Å². The van der Waals surface area contributed by atoms with Crippen molar-refractivity contribution in [2.45, 2.75) is 44.6 Å². The van der Waals surface area contributed by atoms with E-state index < -0.39 is 36.9 Å². The number of para-hydroxylation sites is 1. The zero-order valence-corrected chi connectivity index (χ0v) is 25.4. The minimum absolute atomic E-state index is 0.00688. The summed E-state index contributed by atoms with van der Waals surface area (Å²) >= 11 is 2.00. The van der Waals surface area contributed by atoms with Crippen LogP contribution in [0.1, 0.15) is 50.2 Å². The van der Waals surface area contributed by atoms with Crippen LogP contribution < -0.4 is 9.47 Å². The first-order chi connectivity index (χ1) is 20.2. The van der Waals surface area contributed by atoms with E-state index in [1.165, 1.54) is 12.0 Å². The number of carbonyl (C=O) groups is 3. The molecule has 0 radical (unpaired) electrons. The predicted octanol–water partition coefficient (Wildman–Crippen LogP) is 4.13. The minimum Gasteiger partial charge on any atom is -0.504 e. The number of nitrogens with zero attached hydrogens (tertiary/aromatic N) is 1. The molecule has 2 aliphatic heterocycles. The molecule has 5 rings (SSSR count). The van der Waals surface area contributed by atoms with Gasteiger partial charge in [-0.15, -0.1) is 0 Å². The molecule has 0 bridgehead atoms. The molecular weight excluding hydrogens is 656 g/mol. The molecule has 3 N–H and O–H groups in total. The summed E-state index contributed by atoms with van der Waals surface area (Å²) in [5.74, 6) is -2.13. The lowest BCUT2D eigenvalue weighted by molar-refractivity contribution is -0.141. The Bertz CT molecular complexity index is 1380. The first kappa shape index (κ1) is 30.4. The van der Waals surface area contributed by atoms with Crippen LogP contribution in [0.3, 0.4) is 0 Å². The van der Waals surface area contributed by atoms with Crippen molar-refractivity contribution in [3.05, 3.63) is 62.6 Å². The maximum Gasteiger partial charge on any atom is 0.487 e. The average molecular weight is 689 g/mol. The molecule has 2 fully saturated rings. The Kier molecular flexibility index (Phi) is 9.43. The highest BCUT2D eigenvalue weighted by Gasteiger charge is 2.57. The average Bonchev–Trinajstić information content (AvgIpc) is 3.21. The molecule has 0 saturated carbocycles. The van der Waals surface area contributed by atoms with E-state index in [0.717, 1.165) is 5.57 Å². The van der Waals surface area contributed by atoms with E-state index in [4.69, 9.17) is 19.2 Å². The number of carbonyl (C=O) groups excluding carboxylic acids is 2. The minimum atomic E-state index is -1.31. The smallest absolute Gasteiger partial charge is 0.487 e. The van der Waals surface area contributed by atoms with Crippen LogP contribution in [0.5, 0.6) is 17.2 Å². The van der Waals surface area contributed by atoms with Crippen LogP contribution in [0, 0.1) is 21.3 Å². The van der Waals surface area contributed by atoms with Crippen LogP contribution in [0.2, 0.25) is 0 Å². The van der Waals surface area contributed by atoms with Gasteiger partial charge in [-0.1, -0.05) is 24.6 Å². The Morgan fingerprint density at radius 1 is 1.12 bits per heavy atom. The molecule has 222 valence electrons. The number of aliphatic carboxylic acids is 1. The molecule has 4 atom stereocenters. The number of unbranched alkanes of at least 4 members (excludes halogenated alkanes) is 2. The maximum absolute atomic E-state index is 13.8. The van der Waals surface area contributed by atoms with Gasteiger partial charge in [0.25, 0.3) is 0 Å². The van der Waals surface area contributed by atoms with E-state index in [1.54, 1.807) is 12.1 Å². The van der Waals surface area contributed by atoms with E-state index >= 15 is 0 Å². The fourth-order valence-corrected chi connectivity index (χ4v) is 7.01. The van der Waals surface area contributed by atoms with Gasteiger partial charge in [0, 0.05) is 13.0 Å². The second-order valence-electron chi connectivity index (χ2n) is 10.9. The van der Waals surface area contributed by atoms with Crippen molar-refractivity contribution < 1.29 is 43.7 Å². The van der Waals surface area contributed by atoms with Crippen molar-refractivity contribution in [3.63, 3.8) is 0 Å². The summed E-state index contributed by atoms with van der Waals surface area (Å²) < 4.78 is 18.0. The standard InChI is InChI=1S/C30H33BINO9/c1-40-24-14-17(13-22(32)28(24)36)23-15-20-26-21(29(37)33(30(26)38)11-7-3-6-10-25(34)35)12-18(27(20)31(39)42-23)16-41-19-8-4-2-5-9-19/h2,4-5,8-9,13-14,20-21,23,26,36,39H,3,6-7,10-12,15-16H2,1H3,(H,34,35)/t20-,21-,23-,26+/m0/s1. The summed E-state index contributed by atoms with van der Waals surface area (Å²) in [4.78, 5) is 39.6. The van der Waals surface area contributed by atoms with Gasteiger partial charge in [-0.3, -0.25) is 19.3 Å². The number of hydrogen-bond acceptors (Lipinski definition) is 8. The summed E-state index contributed by atoms with van der Waals surface area (Å²) in [6.07, 6.45) is 1.66. The zero-order chi connectivity index (χ0) is 30.0. The SMILES string of the molecule is COc1cc([C@@H]2C[C@@H]3C(=C(COc4ccccc4)C[C@@H]4C(=O)N(CCCCCC(=O)O)C(=O)[C@@H]43)B(O)O2)cc(I)c1O. The first-order valence-electron chi connectivity index (χ1n) is 14.1. The molecule has 2 aromatic carbocycles. The van der Waals surface area contributed by atoms with Gasteiger partial charge in [-0.05, 0) is 95.1 Å². The van der Waals surface area contributed by atoms with Gasteiger partial charge in [0.05, 0.1) is 28.6 Å². The third-order valence-corrected chi connectivity index (χ3v) is 9.20. The van der Waals surface area contributed by atoms with Crippen molar-refractivity contribution >= 4 is 47.5 Å². The number of benzene rings is 2. The molecule has 42 heavy (non-hydrogen) atoms. The van der Waals surface area contributed by atoms with E-state index in [1.807, 2.05) is 52.9 Å². The summed E-state index contributed by atoms with van der Waals surface area (Å²) in [6, 6.07) is 12.7. The molecule has 2 saturated heterocycles. The van der Waals surface area contributed by atoms with Crippen LogP contribution in [0.25, 0.3) is 0 Å². The molecule has 1 aliphatic carbocycles. The Balaban J connectivity index is 1.44. The van der Waals surface area contributed by atoms with E-state index in [9.17, 15) is 24.5 Å². The van der Waals surface area contributed by atoms with Gasteiger partial charge >= 0.3 is 13.1 Å². The number of allylic oxidation sites excluding steroid dienone is 1. The number of phenols is 1. The maximum atomic E-state index is 13.8. The van der Waals surface area contributed by atoms with Gasteiger partial charge in [-0.2, -0.15) is 0 Å². The Morgan fingerprint density at radius 2 is 1.88 bits per heavy atom. The number of likely N-dealkylation sites (tertiary alicyclic amines) is 1. The topological polar surface area (TPSA) is 143 Å². The Hall–Kier alpha value is -3.10. The number of halogens is 1. The first-order valence-corrected chi connectivity index (χ1v) is 15.1. The molecule has 0 spiro atoms. The third-order valence-electron chi connectivity index (χ3n) is 8.37. The monoisotopic (exact) mass is 689 g/mol. The van der Waals surface area contributed by atoms with E-state index in [0.29, 0.717) is 46.0 Å². The molecule has 0 aromatic heterocycles. The molecule has 2 aromatic rings. The van der Waals surface area contributed by atoms with Gasteiger partial charge in [0.1, 0.15) is 12.4 Å². The lowest BCUT2D eigenvalue weighted by Crippen LogP contribution is -2.45. The van der Waals surface area contributed by atoms with Crippen molar-refractivity contribution in [1.82, 2.24) is 4.90 Å². The highest BCUT2D eigenvalue weighted by atomic mass is 127. The van der Waals surface area contributed by atoms with Crippen molar-refractivity contribution in [2.24, 2.45) is 17.8 Å². The van der Waals surface area contributed by atoms with Crippen LogP contribution in [-0.4, -0.2) is 65.3 Å². The molecule has 0 unspecified atom stereocenters. The van der Waals surface area contributed by atoms with Crippen LogP contribution in [0.15, 0.2) is 53.5 Å². The normalized spacial score (nSPS) is 23.6. The number of aromatic hydroxyl groups is 1. The molecule has 2 amide bonds. The lowest BCUT2D eigenvalue weighted by Gasteiger charge is -2.42. The number of amides is 2. The molecule has 3 aliphatic rings. The number of methoxy groups -OCH3 is 1. The number of rotatable bonds is 11. The lowest BCUT2D eigenvalue weighted by atomic mass is 9.55. The highest BCUT2D eigenvalue weighted by Crippen LogP contribution is 2.52. The summed E-state index contributed by atoms with van der Waals surface area (Å²) in [7, 11) is 0.144.